The number of para-hydroxylation sites is 1. The Kier molecular flexibility index (Phi) is 3.98. The Hall–Kier alpha value is -1.55. The molecule has 1 aromatic carbocycles. The molecule has 1 unspecified atom stereocenters. The van der Waals surface area contributed by atoms with Gasteiger partial charge in [0.1, 0.15) is 6.23 Å². The Morgan fingerprint density at radius 3 is 2.82 bits per heavy atom. The van der Waals surface area contributed by atoms with Crippen molar-refractivity contribution in [3.05, 3.63) is 30.3 Å². The first-order chi connectivity index (χ1) is 8.31. The summed E-state index contributed by atoms with van der Waals surface area (Å²) in [7, 11) is 0. The number of ether oxygens (including phenoxy) is 1. The summed E-state index contributed by atoms with van der Waals surface area (Å²) in [6.45, 7) is 3.34. The molecule has 4 heteroatoms. The number of carbonyl (C=O) groups excluding carboxylic acids is 1. The maximum absolute atomic E-state index is 12.1. The fourth-order valence-electron chi connectivity index (χ4n) is 1.96. The SMILES string of the molecule is CCN(C(=O)NC1CCCO1)c1ccccc1. The second-order valence-electron chi connectivity index (χ2n) is 4.03. The summed E-state index contributed by atoms with van der Waals surface area (Å²) in [5.74, 6) is 0. The van der Waals surface area contributed by atoms with Gasteiger partial charge in [0.25, 0.3) is 0 Å². The average Bonchev–Trinajstić information content (AvgIpc) is 2.84. The molecule has 1 heterocycles. The summed E-state index contributed by atoms with van der Waals surface area (Å²) in [6, 6.07) is 9.56. The lowest BCUT2D eigenvalue weighted by molar-refractivity contribution is 0.0918. The maximum Gasteiger partial charge on any atom is 0.323 e. The molecule has 1 saturated heterocycles. The van der Waals surface area contributed by atoms with E-state index >= 15 is 0 Å². The highest BCUT2D eigenvalue weighted by Crippen LogP contribution is 2.14. The number of hydrogen-bond acceptors (Lipinski definition) is 2. The summed E-state index contributed by atoms with van der Waals surface area (Å²) in [4.78, 5) is 13.8. The van der Waals surface area contributed by atoms with Crippen LogP contribution in [0.5, 0.6) is 0 Å². The number of benzene rings is 1. The second kappa shape index (κ2) is 5.68. The van der Waals surface area contributed by atoms with Gasteiger partial charge in [0, 0.05) is 18.8 Å². The van der Waals surface area contributed by atoms with Crippen LogP contribution in [0.2, 0.25) is 0 Å². The molecule has 0 spiro atoms. The van der Waals surface area contributed by atoms with Gasteiger partial charge in [-0.2, -0.15) is 0 Å². The minimum atomic E-state index is -0.125. The van der Waals surface area contributed by atoms with Crippen LogP contribution in [-0.2, 0) is 4.74 Å². The molecule has 0 saturated carbocycles. The van der Waals surface area contributed by atoms with Crippen LogP contribution < -0.4 is 10.2 Å². The topological polar surface area (TPSA) is 41.6 Å². The number of hydrogen-bond donors (Lipinski definition) is 1. The number of anilines is 1. The molecule has 1 aliphatic heterocycles. The van der Waals surface area contributed by atoms with Crippen molar-refractivity contribution in [2.24, 2.45) is 0 Å². The fourth-order valence-corrected chi connectivity index (χ4v) is 1.96. The van der Waals surface area contributed by atoms with Gasteiger partial charge in [-0.1, -0.05) is 18.2 Å². The zero-order valence-corrected chi connectivity index (χ0v) is 10.1. The first kappa shape index (κ1) is 11.9. The molecule has 0 bridgehead atoms. The van der Waals surface area contributed by atoms with E-state index in [2.05, 4.69) is 5.32 Å². The van der Waals surface area contributed by atoms with E-state index in [1.807, 2.05) is 37.3 Å². The van der Waals surface area contributed by atoms with E-state index in [0.717, 1.165) is 25.1 Å². The van der Waals surface area contributed by atoms with Crippen LogP contribution in [0.3, 0.4) is 0 Å². The van der Waals surface area contributed by atoms with Crippen molar-refractivity contribution in [2.75, 3.05) is 18.1 Å². The summed E-state index contributed by atoms with van der Waals surface area (Å²) < 4.78 is 5.40. The second-order valence-corrected chi connectivity index (χ2v) is 4.03. The quantitative estimate of drug-likeness (QED) is 0.872. The molecule has 17 heavy (non-hydrogen) atoms. The highest BCUT2D eigenvalue weighted by Gasteiger charge is 2.21. The number of nitrogens with zero attached hydrogens (tertiary/aromatic N) is 1. The van der Waals surface area contributed by atoms with Gasteiger partial charge in [-0.3, -0.25) is 4.90 Å². The van der Waals surface area contributed by atoms with Gasteiger partial charge in [0.15, 0.2) is 0 Å². The third kappa shape index (κ3) is 2.97. The first-order valence-corrected chi connectivity index (χ1v) is 6.06. The summed E-state index contributed by atoms with van der Waals surface area (Å²) >= 11 is 0. The van der Waals surface area contributed by atoms with Crippen LogP contribution in [0, 0.1) is 0 Å². The van der Waals surface area contributed by atoms with Crippen LogP contribution in [0.4, 0.5) is 10.5 Å². The van der Waals surface area contributed by atoms with E-state index in [0.29, 0.717) is 6.54 Å². The third-order valence-electron chi connectivity index (χ3n) is 2.84. The summed E-state index contributed by atoms with van der Waals surface area (Å²) in [5.41, 5.74) is 0.908. The Morgan fingerprint density at radius 1 is 1.47 bits per heavy atom. The lowest BCUT2D eigenvalue weighted by atomic mass is 10.3. The Morgan fingerprint density at radius 2 is 2.24 bits per heavy atom. The molecule has 1 atom stereocenters. The van der Waals surface area contributed by atoms with E-state index in [4.69, 9.17) is 4.74 Å². The minimum absolute atomic E-state index is 0.0920. The summed E-state index contributed by atoms with van der Waals surface area (Å²) in [6.07, 6.45) is 1.79. The lowest BCUT2D eigenvalue weighted by Crippen LogP contribution is -2.44. The first-order valence-electron chi connectivity index (χ1n) is 6.06. The molecule has 1 N–H and O–H groups in total. The standard InChI is InChI=1S/C13H18N2O2/c1-2-15(11-7-4-3-5-8-11)13(16)14-12-9-6-10-17-12/h3-5,7-8,12H,2,6,9-10H2,1H3,(H,14,16). The van der Waals surface area contributed by atoms with Crippen LogP contribution in [0.1, 0.15) is 19.8 Å². The van der Waals surface area contributed by atoms with Crippen molar-refractivity contribution in [3.63, 3.8) is 0 Å². The molecule has 1 aromatic rings. The summed E-state index contributed by atoms with van der Waals surface area (Å²) in [5, 5.41) is 2.89. The minimum Gasteiger partial charge on any atom is -0.358 e. The third-order valence-corrected chi connectivity index (χ3v) is 2.84. The Balaban J connectivity index is 2.00. The number of carbonyl (C=O) groups is 1. The molecule has 0 radical (unpaired) electrons. The van der Waals surface area contributed by atoms with E-state index in [9.17, 15) is 4.79 Å². The van der Waals surface area contributed by atoms with Crippen molar-refractivity contribution in [1.29, 1.82) is 0 Å². The molecular formula is C13H18N2O2. The fraction of sp³-hybridized carbons (Fsp3) is 0.462. The predicted octanol–water partition coefficient (Wildman–Crippen LogP) is 2.36. The van der Waals surface area contributed by atoms with Gasteiger partial charge in [-0.25, -0.2) is 4.79 Å². The predicted molar refractivity (Wildman–Crippen MR) is 67.0 cm³/mol. The lowest BCUT2D eigenvalue weighted by Gasteiger charge is -2.23. The van der Waals surface area contributed by atoms with Crippen molar-refractivity contribution >= 4 is 11.7 Å². The number of urea groups is 1. The van der Waals surface area contributed by atoms with Gasteiger partial charge in [-0.15, -0.1) is 0 Å². The maximum atomic E-state index is 12.1. The van der Waals surface area contributed by atoms with Crippen LogP contribution in [0.15, 0.2) is 30.3 Å². The molecule has 4 nitrogen and oxygen atoms in total. The Bertz CT molecular complexity index is 361. The molecule has 0 aromatic heterocycles. The molecule has 2 rings (SSSR count). The molecule has 2 amide bonds. The van der Waals surface area contributed by atoms with Crippen molar-refractivity contribution in [3.8, 4) is 0 Å². The zero-order valence-electron chi connectivity index (χ0n) is 10.1. The molecule has 92 valence electrons. The van der Waals surface area contributed by atoms with Gasteiger partial charge in [0.2, 0.25) is 0 Å². The molecular weight excluding hydrogens is 216 g/mol. The zero-order chi connectivity index (χ0) is 12.1. The van der Waals surface area contributed by atoms with Crippen molar-refractivity contribution in [2.45, 2.75) is 26.0 Å². The van der Waals surface area contributed by atoms with Crippen LogP contribution in [-0.4, -0.2) is 25.4 Å². The van der Waals surface area contributed by atoms with E-state index in [-0.39, 0.29) is 12.3 Å². The van der Waals surface area contributed by atoms with Crippen molar-refractivity contribution < 1.29 is 9.53 Å². The molecule has 1 aliphatic rings. The van der Waals surface area contributed by atoms with Crippen LogP contribution >= 0.6 is 0 Å². The van der Waals surface area contributed by atoms with Crippen molar-refractivity contribution in [1.82, 2.24) is 5.32 Å². The molecule has 0 aliphatic carbocycles. The highest BCUT2D eigenvalue weighted by molar-refractivity contribution is 5.91. The average molecular weight is 234 g/mol. The smallest absolute Gasteiger partial charge is 0.323 e. The van der Waals surface area contributed by atoms with E-state index < -0.39 is 0 Å². The Labute approximate surface area is 102 Å². The van der Waals surface area contributed by atoms with E-state index in [1.165, 1.54) is 0 Å². The molecule has 1 fully saturated rings. The number of nitrogens with one attached hydrogen (secondary N) is 1. The normalized spacial score (nSPS) is 19.0. The largest absolute Gasteiger partial charge is 0.358 e. The van der Waals surface area contributed by atoms with Gasteiger partial charge in [-0.05, 0) is 31.9 Å². The van der Waals surface area contributed by atoms with Gasteiger partial charge >= 0.3 is 6.03 Å². The number of amides is 2. The van der Waals surface area contributed by atoms with Gasteiger partial charge in [0.05, 0.1) is 0 Å². The number of rotatable bonds is 3. The van der Waals surface area contributed by atoms with Gasteiger partial charge < -0.3 is 10.1 Å². The van der Waals surface area contributed by atoms with E-state index in [1.54, 1.807) is 4.90 Å². The highest BCUT2D eigenvalue weighted by atomic mass is 16.5. The van der Waals surface area contributed by atoms with Crippen LogP contribution in [0.25, 0.3) is 0 Å². The monoisotopic (exact) mass is 234 g/mol.